The van der Waals surface area contributed by atoms with E-state index in [1.54, 1.807) is 10.7 Å². The third-order valence-corrected chi connectivity index (χ3v) is 2.91. The van der Waals surface area contributed by atoms with Crippen molar-refractivity contribution in [3.8, 4) is 11.5 Å². The average molecular weight is 289 g/mol. The van der Waals surface area contributed by atoms with Gasteiger partial charge in [0.05, 0.1) is 0 Å². The second kappa shape index (κ2) is 3.92. The SMILES string of the molecule is Cc1cc(Br)cn2nc(-c3ccccn3)nc12. The summed E-state index contributed by atoms with van der Waals surface area (Å²) in [4.78, 5) is 8.74. The van der Waals surface area contributed by atoms with E-state index in [2.05, 4.69) is 31.0 Å². The highest BCUT2D eigenvalue weighted by atomic mass is 79.9. The second-order valence-corrected chi connectivity index (χ2v) is 4.68. The van der Waals surface area contributed by atoms with Crippen LogP contribution in [-0.2, 0) is 0 Å². The fourth-order valence-electron chi connectivity index (χ4n) is 1.71. The van der Waals surface area contributed by atoms with Crippen molar-refractivity contribution in [2.75, 3.05) is 0 Å². The van der Waals surface area contributed by atoms with Crippen molar-refractivity contribution in [3.63, 3.8) is 0 Å². The van der Waals surface area contributed by atoms with E-state index < -0.39 is 0 Å². The van der Waals surface area contributed by atoms with Gasteiger partial charge >= 0.3 is 0 Å². The van der Waals surface area contributed by atoms with E-state index >= 15 is 0 Å². The number of nitrogens with zero attached hydrogens (tertiary/aromatic N) is 4. The van der Waals surface area contributed by atoms with Gasteiger partial charge in [0, 0.05) is 16.9 Å². The molecule has 84 valence electrons. The molecule has 0 aromatic carbocycles. The van der Waals surface area contributed by atoms with Crippen LogP contribution in [0.5, 0.6) is 0 Å². The van der Waals surface area contributed by atoms with E-state index in [-0.39, 0.29) is 0 Å². The van der Waals surface area contributed by atoms with Crippen molar-refractivity contribution >= 4 is 21.6 Å². The first kappa shape index (κ1) is 10.4. The first-order chi connectivity index (χ1) is 8.24. The Kier molecular flexibility index (Phi) is 2.40. The third kappa shape index (κ3) is 1.82. The lowest BCUT2D eigenvalue weighted by molar-refractivity contribution is 0.952. The lowest BCUT2D eigenvalue weighted by Crippen LogP contribution is -1.89. The van der Waals surface area contributed by atoms with Crippen LogP contribution in [0.4, 0.5) is 0 Å². The van der Waals surface area contributed by atoms with Gasteiger partial charge in [-0.25, -0.2) is 9.50 Å². The van der Waals surface area contributed by atoms with Gasteiger partial charge in [0.25, 0.3) is 0 Å². The van der Waals surface area contributed by atoms with Gasteiger partial charge in [-0.05, 0) is 46.6 Å². The van der Waals surface area contributed by atoms with Crippen LogP contribution in [0.25, 0.3) is 17.2 Å². The van der Waals surface area contributed by atoms with Gasteiger partial charge in [-0.1, -0.05) is 6.07 Å². The highest BCUT2D eigenvalue weighted by molar-refractivity contribution is 9.10. The van der Waals surface area contributed by atoms with Crippen LogP contribution >= 0.6 is 15.9 Å². The molecule has 0 aliphatic carbocycles. The largest absolute Gasteiger partial charge is 0.253 e. The summed E-state index contributed by atoms with van der Waals surface area (Å²) in [5.74, 6) is 0.645. The zero-order chi connectivity index (χ0) is 11.8. The zero-order valence-electron chi connectivity index (χ0n) is 9.13. The lowest BCUT2D eigenvalue weighted by Gasteiger charge is -1.96. The minimum atomic E-state index is 0.645. The van der Waals surface area contributed by atoms with Crippen LogP contribution in [0.3, 0.4) is 0 Å². The number of halogens is 1. The van der Waals surface area contributed by atoms with E-state index in [0.717, 1.165) is 21.4 Å². The van der Waals surface area contributed by atoms with Gasteiger partial charge in [0.15, 0.2) is 5.65 Å². The Hall–Kier alpha value is -1.75. The molecule has 4 nitrogen and oxygen atoms in total. The maximum absolute atomic E-state index is 4.49. The maximum atomic E-state index is 4.49. The number of fused-ring (bicyclic) bond motifs is 1. The Morgan fingerprint density at radius 1 is 1.29 bits per heavy atom. The molecule has 3 aromatic rings. The maximum Gasteiger partial charge on any atom is 0.200 e. The topological polar surface area (TPSA) is 43.1 Å². The van der Waals surface area contributed by atoms with Crippen molar-refractivity contribution in [1.82, 2.24) is 19.6 Å². The highest BCUT2D eigenvalue weighted by Gasteiger charge is 2.09. The fraction of sp³-hybridized carbons (Fsp3) is 0.0833. The predicted molar refractivity (Wildman–Crippen MR) is 68.7 cm³/mol. The molecule has 0 N–H and O–H groups in total. The molecular formula is C12H9BrN4. The van der Waals surface area contributed by atoms with Gasteiger partial charge in [-0.2, -0.15) is 0 Å². The summed E-state index contributed by atoms with van der Waals surface area (Å²) in [5, 5.41) is 4.42. The molecule has 0 unspecified atom stereocenters. The standard InChI is InChI=1S/C12H9BrN4/c1-8-6-9(13)7-17-12(8)15-11(16-17)10-4-2-3-5-14-10/h2-7H,1H3. The molecule has 0 radical (unpaired) electrons. The lowest BCUT2D eigenvalue weighted by atomic mass is 10.3. The summed E-state index contributed by atoms with van der Waals surface area (Å²) in [6.45, 7) is 2.01. The minimum Gasteiger partial charge on any atom is -0.253 e. The molecule has 17 heavy (non-hydrogen) atoms. The molecule has 0 saturated heterocycles. The van der Waals surface area contributed by atoms with Crippen molar-refractivity contribution in [2.24, 2.45) is 0 Å². The smallest absolute Gasteiger partial charge is 0.200 e. The second-order valence-electron chi connectivity index (χ2n) is 3.76. The van der Waals surface area contributed by atoms with Crippen molar-refractivity contribution < 1.29 is 0 Å². The van der Waals surface area contributed by atoms with Gasteiger partial charge in [-0.15, -0.1) is 5.10 Å². The Morgan fingerprint density at radius 3 is 2.94 bits per heavy atom. The number of hydrogen-bond donors (Lipinski definition) is 0. The number of aryl methyl sites for hydroxylation is 1. The van der Waals surface area contributed by atoms with E-state index in [4.69, 9.17) is 0 Å². The van der Waals surface area contributed by atoms with Crippen molar-refractivity contribution in [3.05, 3.63) is 46.7 Å². The number of rotatable bonds is 1. The monoisotopic (exact) mass is 288 g/mol. The normalized spacial score (nSPS) is 10.9. The summed E-state index contributed by atoms with van der Waals surface area (Å²) in [5.41, 5.74) is 2.72. The molecule has 0 fully saturated rings. The van der Waals surface area contributed by atoms with Crippen LogP contribution in [0.1, 0.15) is 5.56 Å². The van der Waals surface area contributed by atoms with Crippen LogP contribution in [-0.4, -0.2) is 19.6 Å². The van der Waals surface area contributed by atoms with Gasteiger partial charge in [0.1, 0.15) is 5.69 Å². The first-order valence-corrected chi connectivity index (χ1v) is 5.97. The molecule has 3 rings (SSSR count). The first-order valence-electron chi connectivity index (χ1n) is 5.18. The van der Waals surface area contributed by atoms with Gasteiger partial charge in [-0.3, -0.25) is 4.98 Å². The summed E-state index contributed by atoms with van der Waals surface area (Å²) in [6.07, 6.45) is 3.63. The third-order valence-electron chi connectivity index (χ3n) is 2.48. The fourth-order valence-corrected chi connectivity index (χ4v) is 2.25. The molecule has 0 spiro atoms. The van der Waals surface area contributed by atoms with E-state index in [1.807, 2.05) is 37.4 Å². The molecule has 0 aliphatic heterocycles. The van der Waals surface area contributed by atoms with Crippen LogP contribution < -0.4 is 0 Å². The number of pyridine rings is 2. The molecule has 0 bridgehead atoms. The molecule has 5 heteroatoms. The highest BCUT2D eigenvalue weighted by Crippen LogP contribution is 2.18. The summed E-state index contributed by atoms with van der Waals surface area (Å²) < 4.78 is 2.75. The molecule has 0 saturated carbocycles. The molecule has 0 amide bonds. The van der Waals surface area contributed by atoms with E-state index in [0.29, 0.717) is 5.82 Å². The molecular weight excluding hydrogens is 280 g/mol. The van der Waals surface area contributed by atoms with E-state index in [9.17, 15) is 0 Å². The molecule has 0 aliphatic rings. The van der Waals surface area contributed by atoms with Crippen LogP contribution in [0, 0.1) is 6.92 Å². The average Bonchev–Trinajstić information content (AvgIpc) is 2.74. The number of aromatic nitrogens is 4. The molecule has 3 aromatic heterocycles. The Bertz CT molecular complexity index is 676. The van der Waals surface area contributed by atoms with Crippen LogP contribution in [0.2, 0.25) is 0 Å². The number of hydrogen-bond acceptors (Lipinski definition) is 3. The van der Waals surface area contributed by atoms with E-state index in [1.165, 1.54) is 0 Å². The minimum absolute atomic E-state index is 0.645. The Morgan fingerprint density at radius 2 is 2.18 bits per heavy atom. The van der Waals surface area contributed by atoms with Gasteiger partial charge < -0.3 is 0 Å². The Labute approximate surface area is 106 Å². The summed E-state index contributed by atoms with van der Waals surface area (Å²) in [7, 11) is 0. The molecule has 3 heterocycles. The summed E-state index contributed by atoms with van der Waals surface area (Å²) in [6, 6.07) is 7.73. The van der Waals surface area contributed by atoms with Gasteiger partial charge in [0.2, 0.25) is 5.82 Å². The van der Waals surface area contributed by atoms with Crippen LogP contribution in [0.15, 0.2) is 41.1 Å². The molecule has 0 atom stereocenters. The summed E-state index contributed by atoms with van der Waals surface area (Å²) >= 11 is 3.44. The van der Waals surface area contributed by atoms with Crippen molar-refractivity contribution in [1.29, 1.82) is 0 Å². The quantitative estimate of drug-likeness (QED) is 0.692. The van der Waals surface area contributed by atoms with Crippen molar-refractivity contribution in [2.45, 2.75) is 6.92 Å². The predicted octanol–water partition coefficient (Wildman–Crippen LogP) is 2.86. The Balaban J connectivity index is 2.24. The zero-order valence-corrected chi connectivity index (χ0v) is 10.7.